The highest BCUT2D eigenvalue weighted by Gasteiger charge is 2.08. The van der Waals surface area contributed by atoms with Gasteiger partial charge in [0.1, 0.15) is 6.17 Å². The quantitative estimate of drug-likeness (QED) is 0.522. The smallest absolute Gasteiger partial charge is 0.220 e. The lowest BCUT2D eigenvalue weighted by atomic mass is 10.4. The van der Waals surface area contributed by atoms with Gasteiger partial charge in [-0.2, -0.15) is 0 Å². The second-order valence-corrected chi connectivity index (χ2v) is 2.53. The summed E-state index contributed by atoms with van der Waals surface area (Å²) in [5.41, 5.74) is 5.34. The number of rotatable bonds is 2. The Morgan fingerprint density at radius 1 is 1.38 bits per heavy atom. The van der Waals surface area contributed by atoms with Gasteiger partial charge >= 0.3 is 0 Å². The fourth-order valence-corrected chi connectivity index (χ4v) is 0.644. The third-order valence-corrected chi connectivity index (χ3v) is 1.45. The Morgan fingerprint density at radius 2 is 1.77 bits per heavy atom. The van der Waals surface area contributed by atoms with Gasteiger partial charge in [0.05, 0.1) is 5.84 Å². The van der Waals surface area contributed by atoms with Crippen LogP contribution in [0.4, 0.5) is 0 Å². The van der Waals surface area contributed by atoms with Gasteiger partial charge in [0.15, 0.2) is 0 Å². The summed E-state index contributed by atoms with van der Waals surface area (Å²) in [6.45, 7) is 9.01. The molecule has 0 saturated heterocycles. The average molecular weight is 187 g/mol. The Labute approximate surface area is 80.8 Å². The zero-order valence-electron chi connectivity index (χ0n) is 9.46. The summed E-state index contributed by atoms with van der Waals surface area (Å²) in [4.78, 5) is 16.3. The molecule has 0 aromatic rings. The number of carbonyl (C=O) groups excluding carboxylic acids is 1. The van der Waals surface area contributed by atoms with E-state index >= 15 is 0 Å². The minimum atomic E-state index is -0.169. The molecule has 0 rings (SSSR count). The standard InChI is InChI=1S/C7H15N3O.C2H6/c1-5(8)9-6(2)10(4)7(3)11;1-2/h6H,1-4H3,(H2,8,9);1-2H3. The first-order valence-corrected chi connectivity index (χ1v) is 4.48. The number of amides is 1. The Hall–Kier alpha value is -1.06. The molecule has 1 unspecified atom stereocenters. The minimum absolute atomic E-state index is 0.0116. The van der Waals surface area contributed by atoms with Gasteiger partial charge in [0.2, 0.25) is 5.91 Å². The number of aliphatic imine (C=N–C) groups is 1. The number of nitrogens with zero attached hydrogens (tertiary/aromatic N) is 2. The average Bonchev–Trinajstić information content (AvgIpc) is 2.05. The van der Waals surface area contributed by atoms with Crippen molar-refractivity contribution in [2.75, 3.05) is 7.05 Å². The van der Waals surface area contributed by atoms with Crippen LogP contribution in [0.3, 0.4) is 0 Å². The molecule has 78 valence electrons. The molecule has 1 atom stereocenters. The lowest BCUT2D eigenvalue weighted by molar-refractivity contribution is -0.129. The molecule has 0 saturated carbocycles. The molecule has 0 radical (unpaired) electrons. The predicted octanol–water partition coefficient (Wildman–Crippen LogP) is 1.21. The van der Waals surface area contributed by atoms with Crippen LogP contribution < -0.4 is 5.73 Å². The maximum absolute atomic E-state index is 10.8. The zero-order chi connectivity index (χ0) is 11.0. The van der Waals surface area contributed by atoms with Crippen molar-refractivity contribution in [2.24, 2.45) is 10.7 Å². The molecule has 0 aliphatic rings. The fraction of sp³-hybridized carbons (Fsp3) is 0.778. The van der Waals surface area contributed by atoms with Crippen LogP contribution in [0, 0.1) is 0 Å². The van der Waals surface area contributed by atoms with Crippen LogP contribution in [0.1, 0.15) is 34.6 Å². The van der Waals surface area contributed by atoms with Crippen molar-refractivity contribution in [1.82, 2.24) is 4.90 Å². The maximum atomic E-state index is 10.8. The van der Waals surface area contributed by atoms with Crippen LogP contribution in [0.5, 0.6) is 0 Å². The molecule has 0 fully saturated rings. The number of carbonyl (C=O) groups is 1. The molecule has 0 aromatic carbocycles. The van der Waals surface area contributed by atoms with E-state index in [0.29, 0.717) is 5.84 Å². The summed E-state index contributed by atoms with van der Waals surface area (Å²) >= 11 is 0. The van der Waals surface area contributed by atoms with Crippen molar-refractivity contribution in [3.8, 4) is 0 Å². The molecule has 0 aromatic heterocycles. The van der Waals surface area contributed by atoms with Gasteiger partial charge in [0.25, 0.3) is 0 Å². The van der Waals surface area contributed by atoms with Crippen LogP contribution >= 0.6 is 0 Å². The third kappa shape index (κ3) is 7.31. The Balaban J connectivity index is 0. The number of nitrogens with two attached hydrogens (primary N) is 1. The molecule has 1 amide bonds. The van der Waals surface area contributed by atoms with E-state index < -0.39 is 0 Å². The molecular formula is C9H21N3O. The molecule has 0 spiro atoms. The number of hydrogen-bond acceptors (Lipinski definition) is 2. The van der Waals surface area contributed by atoms with Gasteiger partial charge in [-0.15, -0.1) is 0 Å². The van der Waals surface area contributed by atoms with Crippen LogP contribution in [-0.4, -0.2) is 29.9 Å². The van der Waals surface area contributed by atoms with Crippen molar-refractivity contribution >= 4 is 11.7 Å². The van der Waals surface area contributed by atoms with Gasteiger partial charge < -0.3 is 10.6 Å². The van der Waals surface area contributed by atoms with Crippen molar-refractivity contribution < 1.29 is 4.79 Å². The van der Waals surface area contributed by atoms with Gasteiger partial charge in [0, 0.05) is 14.0 Å². The molecular weight excluding hydrogens is 166 g/mol. The molecule has 4 nitrogen and oxygen atoms in total. The molecule has 0 heterocycles. The SMILES string of the molecule is CC.CC(=O)N(C)C(C)/N=C(\C)N. The lowest BCUT2D eigenvalue weighted by Gasteiger charge is -2.19. The van der Waals surface area contributed by atoms with E-state index in [1.165, 1.54) is 11.8 Å². The minimum Gasteiger partial charge on any atom is -0.388 e. The summed E-state index contributed by atoms with van der Waals surface area (Å²) < 4.78 is 0. The third-order valence-electron chi connectivity index (χ3n) is 1.45. The van der Waals surface area contributed by atoms with Crippen LogP contribution in [0.25, 0.3) is 0 Å². The molecule has 2 N–H and O–H groups in total. The zero-order valence-corrected chi connectivity index (χ0v) is 9.46. The van der Waals surface area contributed by atoms with Crippen molar-refractivity contribution in [3.05, 3.63) is 0 Å². The van der Waals surface area contributed by atoms with Crippen molar-refractivity contribution in [2.45, 2.75) is 40.8 Å². The summed E-state index contributed by atoms with van der Waals surface area (Å²) in [7, 11) is 1.69. The first-order chi connectivity index (χ1) is 5.95. The molecule has 13 heavy (non-hydrogen) atoms. The fourth-order valence-electron chi connectivity index (χ4n) is 0.644. The summed E-state index contributed by atoms with van der Waals surface area (Å²) in [5.74, 6) is 0.480. The second kappa shape index (κ2) is 7.58. The highest BCUT2D eigenvalue weighted by atomic mass is 16.2. The maximum Gasteiger partial charge on any atom is 0.220 e. The van der Waals surface area contributed by atoms with Crippen LogP contribution in [0.15, 0.2) is 4.99 Å². The van der Waals surface area contributed by atoms with E-state index in [0.717, 1.165) is 0 Å². The molecule has 0 aliphatic heterocycles. The summed E-state index contributed by atoms with van der Waals surface area (Å²) in [6.07, 6.45) is -0.169. The molecule has 0 bridgehead atoms. The van der Waals surface area contributed by atoms with E-state index in [4.69, 9.17) is 5.73 Å². The van der Waals surface area contributed by atoms with Gasteiger partial charge in [-0.25, -0.2) is 4.99 Å². The van der Waals surface area contributed by atoms with Gasteiger partial charge in [-0.05, 0) is 13.8 Å². The van der Waals surface area contributed by atoms with Crippen LogP contribution in [-0.2, 0) is 4.79 Å². The Morgan fingerprint density at radius 3 is 2.00 bits per heavy atom. The number of amidine groups is 1. The van der Waals surface area contributed by atoms with Gasteiger partial charge in [-0.3, -0.25) is 4.79 Å². The normalized spacial score (nSPS) is 12.6. The monoisotopic (exact) mass is 187 g/mol. The molecule has 0 aliphatic carbocycles. The van der Waals surface area contributed by atoms with Gasteiger partial charge in [-0.1, -0.05) is 13.8 Å². The first-order valence-electron chi connectivity index (χ1n) is 4.48. The molecule has 4 heteroatoms. The lowest BCUT2D eigenvalue weighted by Crippen LogP contribution is -2.33. The Bertz CT molecular complexity index is 174. The van der Waals surface area contributed by atoms with E-state index in [1.54, 1.807) is 14.0 Å². The van der Waals surface area contributed by atoms with E-state index in [2.05, 4.69) is 4.99 Å². The largest absolute Gasteiger partial charge is 0.388 e. The predicted molar refractivity (Wildman–Crippen MR) is 56.6 cm³/mol. The second-order valence-electron chi connectivity index (χ2n) is 2.53. The van der Waals surface area contributed by atoms with Crippen LogP contribution in [0.2, 0.25) is 0 Å². The first kappa shape index (κ1) is 14.5. The number of hydrogen-bond donors (Lipinski definition) is 1. The van der Waals surface area contributed by atoms with Crippen molar-refractivity contribution in [3.63, 3.8) is 0 Å². The Kier molecular flexibility index (Phi) is 8.44. The topological polar surface area (TPSA) is 58.7 Å². The van der Waals surface area contributed by atoms with Crippen molar-refractivity contribution in [1.29, 1.82) is 0 Å². The van der Waals surface area contributed by atoms with E-state index in [-0.39, 0.29) is 12.1 Å². The highest BCUT2D eigenvalue weighted by molar-refractivity contribution is 5.78. The summed E-state index contributed by atoms with van der Waals surface area (Å²) in [6, 6.07) is 0. The highest BCUT2D eigenvalue weighted by Crippen LogP contribution is 1.96. The van der Waals surface area contributed by atoms with E-state index in [9.17, 15) is 4.79 Å². The van der Waals surface area contributed by atoms with E-state index in [1.807, 2.05) is 20.8 Å². The summed E-state index contributed by atoms with van der Waals surface area (Å²) in [5, 5.41) is 0.